The summed E-state index contributed by atoms with van der Waals surface area (Å²) in [6.45, 7) is 2.65. The molecule has 0 saturated carbocycles. The lowest BCUT2D eigenvalue weighted by Crippen LogP contribution is -2.32. The average Bonchev–Trinajstić information content (AvgIpc) is 3.24. The van der Waals surface area contributed by atoms with Crippen LogP contribution in [0.2, 0.25) is 0 Å². The van der Waals surface area contributed by atoms with Crippen LogP contribution in [-0.4, -0.2) is 58.3 Å². The molecule has 1 saturated heterocycles. The number of anilines is 1. The van der Waals surface area contributed by atoms with Crippen LogP contribution in [0.15, 0.2) is 42.5 Å². The van der Waals surface area contributed by atoms with E-state index in [9.17, 15) is 14.4 Å². The van der Waals surface area contributed by atoms with Crippen molar-refractivity contribution in [1.29, 1.82) is 0 Å². The molecule has 2 aromatic rings. The van der Waals surface area contributed by atoms with E-state index in [2.05, 4.69) is 5.32 Å². The molecule has 1 N–H and O–H groups in total. The highest BCUT2D eigenvalue weighted by Crippen LogP contribution is 2.28. The zero-order valence-corrected chi connectivity index (χ0v) is 19.7. The lowest BCUT2D eigenvalue weighted by molar-refractivity contribution is -0.152. The fourth-order valence-corrected chi connectivity index (χ4v) is 3.69. The Morgan fingerprint density at radius 3 is 2.47 bits per heavy atom. The molecule has 2 amide bonds. The molecule has 1 aliphatic rings. The van der Waals surface area contributed by atoms with Gasteiger partial charge in [-0.3, -0.25) is 14.4 Å². The van der Waals surface area contributed by atoms with Crippen LogP contribution in [0.25, 0.3) is 0 Å². The summed E-state index contributed by atoms with van der Waals surface area (Å²) in [4.78, 5) is 38.4. The van der Waals surface area contributed by atoms with Crippen molar-refractivity contribution in [3.8, 4) is 17.2 Å². The first-order valence-corrected chi connectivity index (χ1v) is 11.1. The van der Waals surface area contributed by atoms with Gasteiger partial charge in [0.15, 0.2) is 18.1 Å². The summed E-state index contributed by atoms with van der Waals surface area (Å²) in [7, 11) is 3.13. The van der Waals surface area contributed by atoms with Crippen LogP contribution in [0.4, 0.5) is 5.69 Å². The predicted molar refractivity (Wildman–Crippen MR) is 125 cm³/mol. The highest BCUT2D eigenvalue weighted by molar-refractivity contribution is 5.99. The van der Waals surface area contributed by atoms with Gasteiger partial charge in [0.05, 0.1) is 26.7 Å². The SMILES string of the molecule is CCOc1ccc(N2CC(C(=O)OCC(=O)NCCc3ccc(OC)c(OC)c3)CC2=O)cc1. The van der Waals surface area contributed by atoms with Gasteiger partial charge in [0.25, 0.3) is 5.91 Å². The second-order valence-corrected chi connectivity index (χ2v) is 7.73. The van der Waals surface area contributed by atoms with E-state index in [-0.39, 0.29) is 18.9 Å². The van der Waals surface area contributed by atoms with Crippen LogP contribution in [0, 0.1) is 5.92 Å². The van der Waals surface area contributed by atoms with Gasteiger partial charge in [0, 0.05) is 25.2 Å². The molecule has 0 aliphatic carbocycles. The Morgan fingerprint density at radius 1 is 1.06 bits per heavy atom. The summed E-state index contributed by atoms with van der Waals surface area (Å²) in [6.07, 6.45) is 0.626. The maximum Gasteiger partial charge on any atom is 0.311 e. The number of hydrogen-bond acceptors (Lipinski definition) is 7. The Bertz CT molecular complexity index is 1010. The molecular weight excluding hydrogens is 440 g/mol. The van der Waals surface area contributed by atoms with E-state index in [1.807, 2.05) is 19.1 Å². The van der Waals surface area contributed by atoms with Gasteiger partial charge in [-0.25, -0.2) is 0 Å². The van der Waals surface area contributed by atoms with Gasteiger partial charge in [-0.2, -0.15) is 0 Å². The molecule has 3 rings (SSSR count). The quantitative estimate of drug-likeness (QED) is 0.503. The van der Waals surface area contributed by atoms with Gasteiger partial charge in [-0.1, -0.05) is 6.07 Å². The van der Waals surface area contributed by atoms with E-state index >= 15 is 0 Å². The molecule has 1 heterocycles. The second-order valence-electron chi connectivity index (χ2n) is 7.73. The molecule has 1 atom stereocenters. The van der Waals surface area contributed by atoms with Crippen molar-refractivity contribution < 1.29 is 33.3 Å². The van der Waals surface area contributed by atoms with Crippen LogP contribution in [0.1, 0.15) is 18.9 Å². The van der Waals surface area contributed by atoms with Crippen molar-refractivity contribution in [2.75, 3.05) is 45.4 Å². The third-order valence-electron chi connectivity index (χ3n) is 5.45. The van der Waals surface area contributed by atoms with Crippen LogP contribution < -0.4 is 24.4 Å². The number of esters is 1. The minimum absolute atomic E-state index is 0.0486. The number of rotatable bonds is 11. The van der Waals surface area contributed by atoms with Crippen molar-refractivity contribution in [3.05, 3.63) is 48.0 Å². The predicted octanol–water partition coefficient (Wildman–Crippen LogP) is 2.36. The highest BCUT2D eigenvalue weighted by atomic mass is 16.5. The molecule has 0 radical (unpaired) electrons. The fourth-order valence-electron chi connectivity index (χ4n) is 3.69. The number of hydrogen-bond donors (Lipinski definition) is 1. The van der Waals surface area contributed by atoms with Crippen molar-refractivity contribution in [2.24, 2.45) is 5.92 Å². The molecule has 0 bridgehead atoms. The molecule has 1 aliphatic heterocycles. The van der Waals surface area contributed by atoms with Gasteiger partial charge < -0.3 is 29.2 Å². The third-order valence-corrected chi connectivity index (χ3v) is 5.45. The fraction of sp³-hybridized carbons (Fsp3) is 0.400. The van der Waals surface area contributed by atoms with Crippen molar-refractivity contribution in [2.45, 2.75) is 19.8 Å². The van der Waals surface area contributed by atoms with E-state index in [0.717, 1.165) is 5.56 Å². The first kappa shape index (κ1) is 24.9. The zero-order valence-electron chi connectivity index (χ0n) is 19.7. The summed E-state index contributed by atoms with van der Waals surface area (Å²) in [5, 5.41) is 2.72. The molecule has 9 nitrogen and oxygen atoms in total. The largest absolute Gasteiger partial charge is 0.494 e. The van der Waals surface area contributed by atoms with Gasteiger partial charge >= 0.3 is 5.97 Å². The van der Waals surface area contributed by atoms with E-state index in [1.165, 1.54) is 0 Å². The minimum atomic E-state index is -0.612. The molecule has 1 unspecified atom stereocenters. The molecule has 2 aromatic carbocycles. The summed E-state index contributed by atoms with van der Waals surface area (Å²) in [5.74, 6) is 0.229. The van der Waals surface area contributed by atoms with E-state index in [0.29, 0.717) is 42.5 Å². The van der Waals surface area contributed by atoms with Crippen LogP contribution >= 0.6 is 0 Å². The molecule has 34 heavy (non-hydrogen) atoms. The standard InChI is InChI=1S/C25H30N2O7/c1-4-33-20-8-6-19(7-9-20)27-15-18(14-24(27)29)25(30)34-16-23(28)26-12-11-17-5-10-21(31-2)22(13-17)32-3/h5-10,13,18H,4,11-12,14-16H2,1-3H3,(H,26,28). The Kier molecular flexibility index (Phi) is 8.73. The Labute approximate surface area is 198 Å². The number of methoxy groups -OCH3 is 2. The molecule has 0 aromatic heterocycles. The summed E-state index contributed by atoms with van der Waals surface area (Å²) in [5.41, 5.74) is 1.66. The molecule has 182 valence electrons. The molecule has 9 heteroatoms. The molecular formula is C25H30N2O7. The topological polar surface area (TPSA) is 103 Å². The van der Waals surface area contributed by atoms with Crippen molar-refractivity contribution >= 4 is 23.5 Å². The highest BCUT2D eigenvalue weighted by Gasteiger charge is 2.36. The summed E-state index contributed by atoms with van der Waals surface area (Å²) < 4.78 is 21.0. The number of benzene rings is 2. The summed E-state index contributed by atoms with van der Waals surface area (Å²) in [6, 6.07) is 12.7. The van der Waals surface area contributed by atoms with Crippen LogP contribution in [-0.2, 0) is 25.5 Å². The average molecular weight is 471 g/mol. The molecule has 1 fully saturated rings. The van der Waals surface area contributed by atoms with Gasteiger partial charge in [0.1, 0.15) is 5.75 Å². The van der Waals surface area contributed by atoms with E-state index in [1.54, 1.807) is 49.5 Å². The third kappa shape index (κ3) is 6.40. The van der Waals surface area contributed by atoms with Gasteiger partial charge in [0.2, 0.25) is 5.91 Å². The number of amides is 2. The van der Waals surface area contributed by atoms with Crippen LogP contribution in [0.3, 0.4) is 0 Å². The Hall–Kier alpha value is -3.75. The maximum atomic E-state index is 12.4. The summed E-state index contributed by atoms with van der Waals surface area (Å²) >= 11 is 0. The second kappa shape index (κ2) is 11.9. The molecule has 0 spiro atoms. The smallest absolute Gasteiger partial charge is 0.311 e. The van der Waals surface area contributed by atoms with E-state index in [4.69, 9.17) is 18.9 Å². The first-order chi connectivity index (χ1) is 16.4. The number of nitrogens with zero attached hydrogens (tertiary/aromatic N) is 1. The van der Waals surface area contributed by atoms with Crippen LogP contribution in [0.5, 0.6) is 17.2 Å². The van der Waals surface area contributed by atoms with E-state index < -0.39 is 24.4 Å². The number of carbonyl (C=O) groups excluding carboxylic acids is 3. The lowest BCUT2D eigenvalue weighted by Gasteiger charge is -2.17. The number of carbonyl (C=O) groups is 3. The normalized spacial score (nSPS) is 15.1. The number of ether oxygens (including phenoxy) is 4. The monoisotopic (exact) mass is 470 g/mol. The minimum Gasteiger partial charge on any atom is -0.494 e. The number of nitrogens with one attached hydrogen (secondary N) is 1. The zero-order chi connectivity index (χ0) is 24.5. The lowest BCUT2D eigenvalue weighted by atomic mass is 10.1. The van der Waals surface area contributed by atoms with Gasteiger partial charge in [-0.05, 0) is 55.3 Å². The van der Waals surface area contributed by atoms with Crippen molar-refractivity contribution in [1.82, 2.24) is 5.32 Å². The Balaban J connectivity index is 1.42. The first-order valence-electron chi connectivity index (χ1n) is 11.1. The van der Waals surface area contributed by atoms with Crippen molar-refractivity contribution in [3.63, 3.8) is 0 Å². The Morgan fingerprint density at radius 2 is 1.79 bits per heavy atom. The van der Waals surface area contributed by atoms with Gasteiger partial charge in [-0.15, -0.1) is 0 Å². The maximum absolute atomic E-state index is 12.4.